The van der Waals surface area contributed by atoms with Crippen LogP contribution in [0.1, 0.15) is 68.2 Å². The molecule has 1 aliphatic carbocycles. The van der Waals surface area contributed by atoms with E-state index in [2.05, 4.69) is 65.8 Å². The summed E-state index contributed by atoms with van der Waals surface area (Å²) in [4.78, 5) is 14.9. The maximum Gasteiger partial charge on any atom is 0.306 e. The van der Waals surface area contributed by atoms with Gasteiger partial charge in [0.05, 0.1) is 6.61 Å². The molecule has 1 aliphatic rings. The molecule has 0 amide bonds. The monoisotopic (exact) mass is 404 g/mol. The van der Waals surface area contributed by atoms with Gasteiger partial charge in [-0.2, -0.15) is 0 Å². The second-order valence-corrected chi connectivity index (χ2v) is 8.43. The molecule has 3 atom stereocenters. The van der Waals surface area contributed by atoms with E-state index in [0.717, 1.165) is 6.42 Å². The number of aryl methyl sites for hydroxylation is 1. The van der Waals surface area contributed by atoms with E-state index in [1.54, 1.807) is 0 Å². The molecule has 1 heterocycles. The van der Waals surface area contributed by atoms with Crippen LogP contribution in [0.2, 0.25) is 0 Å². The molecule has 3 aromatic rings. The first-order valence-electron chi connectivity index (χ1n) is 11.2. The molecule has 1 saturated carbocycles. The minimum atomic E-state index is -0.115. The number of aromatic nitrogens is 1. The fourth-order valence-corrected chi connectivity index (χ4v) is 4.80. The molecule has 0 saturated heterocycles. The highest BCUT2D eigenvalue weighted by Crippen LogP contribution is 2.36. The molecule has 4 heteroatoms. The lowest BCUT2D eigenvalue weighted by atomic mass is 9.95. The van der Waals surface area contributed by atoms with Gasteiger partial charge in [-0.1, -0.05) is 36.4 Å². The number of nitrogens with one attached hydrogen (secondary N) is 2. The first-order valence-corrected chi connectivity index (χ1v) is 11.2. The van der Waals surface area contributed by atoms with Gasteiger partial charge in [0.1, 0.15) is 0 Å². The Balaban J connectivity index is 1.32. The van der Waals surface area contributed by atoms with Crippen LogP contribution < -0.4 is 5.32 Å². The fraction of sp³-hybridized carbons (Fsp3) is 0.423. The van der Waals surface area contributed by atoms with Gasteiger partial charge in [0.25, 0.3) is 0 Å². The van der Waals surface area contributed by atoms with Crippen molar-refractivity contribution in [3.63, 3.8) is 0 Å². The van der Waals surface area contributed by atoms with Crippen molar-refractivity contribution in [3.05, 3.63) is 71.4 Å². The topological polar surface area (TPSA) is 54.1 Å². The number of aromatic amines is 1. The van der Waals surface area contributed by atoms with E-state index in [-0.39, 0.29) is 5.97 Å². The van der Waals surface area contributed by atoms with Crippen molar-refractivity contribution in [2.75, 3.05) is 6.61 Å². The van der Waals surface area contributed by atoms with E-state index in [1.807, 2.05) is 13.1 Å². The quantitative estimate of drug-likeness (QED) is 0.477. The zero-order chi connectivity index (χ0) is 20.9. The summed E-state index contributed by atoms with van der Waals surface area (Å²) < 4.78 is 5.02. The van der Waals surface area contributed by atoms with Crippen molar-refractivity contribution in [3.8, 4) is 0 Å². The summed E-state index contributed by atoms with van der Waals surface area (Å²) in [6, 6.07) is 18.4. The predicted octanol–water partition coefficient (Wildman–Crippen LogP) is 5.65. The number of rotatable bonds is 8. The number of carbonyl (C=O) groups excluding carboxylic acids is 1. The highest BCUT2D eigenvalue weighted by Gasteiger charge is 2.27. The predicted molar refractivity (Wildman–Crippen MR) is 122 cm³/mol. The standard InChI is InChI=1S/C26H32N2O2/c1-3-30-26(29)14-9-19-7-10-20(11-8-19)21-12-13-22(17-21)28-18(2)23-5-4-6-25-24(23)15-16-27-25/h4-8,10-11,15-16,18,21-22,27-28H,3,9,12-14,17H2,1-2H3. The average molecular weight is 405 g/mol. The van der Waals surface area contributed by atoms with Gasteiger partial charge < -0.3 is 15.0 Å². The van der Waals surface area contributed by atoms with Crippen LogP contribution in [0.15, 0.2) is 54.7 Å². The highest BCUT2D eigenvalue weighted by molar-refractivity contribution is 5.83. The van der Waals surface area contributed by atoms with Gasteiger partial charge in [0.15, 0.2) is 0 Å². The lowest BCUT2D eigenvalue weighted by Gasteiger charge is -2.21. The van der Waals surface area contributed by atoms with Crippen molar-refractivity contribution in [1.29, 1.82) is 0 Å². The normalized spacial score (nSPS) is 19.8. The summed E-state index contributed by atoms with van der Waals surface area (Å²) in [5, 5.41) is 5.18. The van der Waals surface area contributed by atoms with Crippen LogP contribution >= 0.6 is 0 Å². The van der Waals surface area contributed by atoms with Crippen LogP contribution in [0.3, 0.4) is 0 Å². The fourth-order valence-electron chi connectivity index (χ4n) is 4.80. The molecule has 0 bridgehead atoms. The molecule has 2 aromatic carbocycles. The van der Waals surface area contributed by atoms with E-state index >= 15 is 0 Å². The minimum absolute atomic E-state index is 0.115. The molecule has 4 nitrogen and oxygen atoms in total. The van der Waals surface area contributed by atoms with Crippen LogP contribution in [-0.4, -0.2) is 23.6 Å². The second kappa shape index (κ2) is 9.48. The third-order valence-electron chi connectivity index (χ3n) is 6.39. The summed E-state index contributed by atoms with van der Waals surface area (Å²) >= 11 is 0. The van der Waals surface area contributed by atoms with Gasteiger partial charge in [-0.3, -0.25) is 4.79 Å². The van der Waals surface area contributed by atoms with Crippen LogP contribution in [-0.2, 0) is 16.0 Å². The van der Waals surface area contributed by atoms with E-state index in [0.29, 0.717) is 31.0 Å². The molecular weight excluding hydrogens is 372 g/mol. The van der Waals surface area contributed by atoms with Crippen molar-refractivity contribution in [1.82, 2.24) is 10.3 Å². The molecule has 0 radical (unpaired) electrons. The van der Waals surface area contributed by atoms with Gasteiger partial charge in [-0.25, -0.2) is 0 Å². The number of carbonyl (C=O) groups is 1. The van der Waals surface area contributed by atoms with Crippen LogP contribution in [0.4, 0.5) is 0 Å². The third-order valence-corrected chi connectivity index (χ3v) is 6.39. The Morgan fingerprint density at radius 3 is 2.80 bits per heavy atom. The molecule has 4 rings (SSSR count). The Hall–Kier alpha value is -2.59. The number of benzene rings is 2. The largest absolute Gasteiger partial charge is 0.466 e. The Morgan fingerprint density at radius 2 is 2.00 bits per heavy atom. The van der Waals surface area contributed by atoms with Gasteiger partial charge in [0, 0.05) is 35.6 Å². The zero-order valence-corrected chi connectivity index (χ0v) is 18.0. The first-order chi connectivity index (χ1) is 14.6. The van der Waals surface area contributed by atoms with Crippen LogP contribution in [0, 0.1) is 0 Å². The first kappa shape index (κ1) is 20.7. The number of fused-ring (bicyclic) bond motifs is 1. The Labute approximate surface area is 179 Å². The average Bonchev–Trinajstić information content (AvgIpc) is 3.42. The lowest BCUT2D eigenvalue weighted by molar-refractivity contribution is -0.143. The lowest BCUT2D eigenvalue weighted by Crippen LogP contribution is -2.29. The van der Waals surface area contributed by atoms with E-state index in [4.69, 9.17) is 4.74 Å². The molecule has 2 N–H and O–H groups in total. The minimum Gasteiger partial charge on any atom is -0.466 e. The maximum absolute atomic E-state index is 11.5. The molecule has 3 unspecified atom stereocenters. The number of ether oxygens (including phenoxy) is 1. The van der Waals surface area contributed by atoms with Crippen molar-refractivity contribution < 1.29 is 9.53 Å². The Bertz CT molecular complexity index is 976. The number of esters is 1. The summed E-state index contributed by atoms with van der Waals surface area (Å²) in [7, 11) is 0. The third kappa shape index (κ3) is 4.76. The Morgan fingerprint density at radius 1 is 1.17 bits per heavy atom. The van der Waals surface area contributed by atoms with Crippen LogP contribution in [0.25, 0.3) is 10.9 Å². The van der Waals surface area contributed by atoms with E-state index in [1.165, 1.54) is 46.9 Å². The van der Waals surface area contributed by atoms with Crippen molar-refractivity contribution in [2.24, 2.45) is 0 Å². The summed E-state index contributed by atoms with van der Waals surface area (Å²) in [5.41, 5.74) is 5.18. The molecular formula is C26H32N2O2. The second-order valence-electron chi connectivity index (χ2n) is 8.43. The zero-order valence-electron chi connectivity index (χ0n) is 18.0. The molecule has 1 aromatic heterocycles. The van der Waals surface area contributed by atoms with Crippen molar-refractivity contribution >= 4 is 16.9 Å². The van der Waals surface area contributed by atoms with E-state index in [9.17, 15) is 4.79 Å². The van der Waals surface area contributed by atoms with Gasteiger partial charge in [0.2, 0.25) is 0 Å². The van der Waals surface area contributed by atoms with Crippen LogP contribution in [0.5, 0.6) is 0 Å². The van der Waals surface area contributed by atoms with Gasteiger partial charge >= 0.3 is 5.97 Å². The Kier molecular flexibility index (Phi) is 6.53. The molecule has 158 valence electrons. The smallest absolute Gasteiger partial charge is 0.306 e. The summed E-state index contributed by atoms with van der Waals surface area (Å²) in [6.07, 6.45) is 6.83. The number of hydrogen-bond acceptors (Lipinski definition) is 3. The van der Waals surface area contributed by atoms with E-state index < -0.39 is 0 Å². The summed E-state index contributed by atoms with van der Waals surface area (Å²) in [5.74, 6) is 0.493. The SMILES string of the molecule is CCOC(=O)CCc1ccc(C2CCC(NC(C)c3cccc4[nH]ccc34)C2)cc1. The van der Waals surface area contributed by atoms with Gasteiger partial charge in [-0.05, 0) is 74.3 Å². The molecule has 1 fully saturated rings. The maximum atomic E-state index is 11.5. The van der Waals surface area contributed by atoms with Gasteiger partial charge in [-0.15, -0.1) is 0 Å². The molecule has 30 heavy (non-hydrogen) atoms. The number of hydrogen-bond donors (Lipinski definition) is 2. The number of H-pyrrole nitrogens is 1. The summed E-state index contributed by atoms with van der Waals surface area (Å²) in [6.45, 7) is 4.57. The molecule has 0 aliphatic heterocycles. The highest BCUT2D eigenvalue weighted by atomic mass is 16.5. The van der Waals surface area contributed by atoms with Crippen molar-refractivity contribution in [2.45, 2.75) is 64.0 Å². The molecule has 0 spiro atoms.